The fourth-order valence-corrected chi connectivity index (χ4v) is 2.21. The van der Waals surface area contributed by atoms with Crippen molar-refractivity contribution < 1.29 is 14.7 Å². The van der Waals surface area contributed by atoms with Crippen LogP contribution in [-0.4, -0.2) is 44.4 Å². The number of anilines is 1. The van der Waals surface area contributed by atoms with Crippen LogP contribution in [-0.2, 0) is 11.3 Å². The van der Waals surface area contributed by atoms with Crippen molar-refractivity contribution in [2.45, 2.75) is 38.3 Å². The number of nitrogens with one attached hydrogen (secondary N) is 1. The summed E-state index contributed by atoms with van der Waals surface area (Å²) in [6.07, 6.45) is 7.61. The molecule has 2 saturated carbocycles. The highest BCUT2D eigenvalue weighted by molar-refractivity contribution is 5.89. The van der Waals surface area contributed by atoms with Crippen molar-refractivity contribution in [2.24, 2.45) is 5.92 Å². The minimum Gasteiger partial charge on any atom is -0.480 e. The summed E-state index contributed by atoms with van der Waals surface area (Å²) in [5.41, 5.74) is 0.540. The molecular weight excluding hydrogens is 260 g/mol. The SMILES string of the molecule is O=C(O)Cn1cc(NC(=O)N(CC2CC2)C2CC2)cn1. The van der Waals surface area contributed by atoms with Crippen LogP contribution in [0.25, 0.3) is 0 Å². The van der Waals surface area contributed by atoms with Crippen molar-refractivity contribution in [1.82, 2.24) is 14.7 Å². The second kappa shape index (κ2) is 5.15. The highest BCUT2D eigenvalue weighted by atomic mass is 16.4. The van der Waals surface area contributed by atoms with Gasteiger partial charge in [0.1, 0.15) is 6.54 Å². The first-order valence-electron chi connectivity index (χ1n) is 6.93. The molecule has 1 aromatic heterocycles. The van der Waals surface area contributed by atoms with Crippen molar-refractivity contribution in [3.63, 3.8) is 0 Å². The molecule has 2 fully saturated rings. The van der Waals surface area contributed by atoms with Crippen LogP contribution >= 0.6 is 0 Å². The molecule has 0 aliphatic heterocycles. The Morgan fingerprint density at radius 1 is 1.40 bits per heavy atom. The van der Waals surface area contributed by atoms with E-state index in [0.717, 1.165) is 19.4 Å². The van der Waals surface area contributed by atoms with Gasteiger partial charge in [0.2, 0.25) is 0 Å². The van der Waals surface area contributed by atoms with E-state index in [1.165, 1.54) is 29.9 Å². The summed E-state index contributed by atoms with van der Waals surface area (Å²) < 4.78 is 1.29. The lowest BCUT2D eigenvalue weighted by Crippen LogP contribution is -2.38. The highest BCUT2D eigenvalue weighted by Gasteiger charge is 2.36. The van der Waals surface area contributed by atoms with Gasteiger partial charge in [-0.05, 0) is 31.6 Å². The Morgan fingerprint density at radius 2 is 2.15 bits per heavy atom. The maximum Gasteiger partial charge on any atom is 0.325 e. The smallest absolute Gasteiger partial charge is 0.325 e. The fourth-order valence-electron chi connectivity index (χ4n) is 2.21. The van der Waals surface area contributed by atoms with Crippen LogP contribution in [0.5, 0.6) is 0 Å². The predicted molar refractivity (Wildman–Crippen MR) is 71.3 cm³/mol. The normalized spacial score (nSPS) is 17.8. The van der Waals surface area contributed by atoms with Crippen LogP contribution in [0.4, 0.5) is 10.5 Å². The van der Waals surface area contributed by atoms with E-state index in [1.54, 1.807) is 0 Å². The summed E-state index contributed by atoms with van der Waals surface area (Å²) in [5.74, 6) is -0.296. The molecule has 2 amide bonds. The van der Waals surface area contributed by atoms with Crippen LogP contribution < -0.4 is 5.32 Å². The Hall–Kier alpha value is -2.05. The first-order chi connectivity index (χ1) is 9.61. The van der Waals surface area contributed by atoms with Gasteiger partial charge in [0.25, 0.3) is 0 Å². The topological polar surface area (TPSA) is 87.5 Å². The second-order valence-electron chi connectivity index (χ2n) is 5.58. The number of urea groups is 1. The monoisotopic (exact) mass is 278 g/mol. The standard InChI is InChI=1S/C13H18N4O3/c18-12(19)8-16-7-10(5-14-16)15-13(20)17(11-3-4-11)6-9-1-2-9/h5,7,9,11H,1-4,6,8H2,(H,15,20)(H,18,19). The van der Waals surface area contributed by atoms with Gasteiger partial charge in [-0.3, -0.25) is 9.48 Å². The van der Waals surface area contributed by atoms with Gasteiger partial charge >= 0.3 is 12.0 Å². The van der Waals surface area contributed by atoms with Gasteiger partial charge in [-0.15, -0.1) is 0 Å². The van der Waals surface area contributed by atoms with E-state index >= 15 is 0 Å². The average molecular weight is 278 g/mol. The van der Waals surface area contributed by atoms with Gasteiger partial charge in [-0.1, -0.05) is 0 Å². The third kappa shape index (κ3) is 3.28. The molecule has 108 valence electrons. The third-order valence-electron chi connectivity index (χ3n) is 3.58. The number of hydrogen-bond donors (Lipinski definition) is 2. The van der Waals surface area contributed by atoms with Crippen molar-refractivity contribution in [2.75, 3.05) is 11.9 Å². The number of hydrogen-bond acceptors (Lipinski definition) is 3. The summed E-state index contributed by atoms with van der Waals surface area (Å²) in [6, 6.07) is 0.277. The van der Waals surface area contributed by atoms with Crippen molar-refractivity contribution in [3.05, 3.63) is 12.4 Å². The zero-order chi connectivity index (χ0) is 14.1. The van der Waals surface area contributed by atoms with Gasteiger partial charge in [0.05, 0.1) is 11.9 Å². The number of carbonyl (C=O) groups is 2. The molecular formula is C13H18N4O3. The molecule has 20 heavy (non-hydrogen) atoms. The molecule has 0 unspecified atom stereocenters. The van der Waals surface area contributed by atoms with E-state index in [9.17, 15) is 9.59 Å². The molecule has 1 heterocycles. The molecule has 0 radical (unpaired) electrons. The number of nitrogens with zero attached hydrogens (tertiary/aromatic N) is 3. The molecule has 2 N–H and O–H groups in total. The van der Waals surface area contributed by atoms with Crippen molar-refractivity contribution >= 4 is 17.7 Å². The van der Waals surface area contributed by atoms with E-state index in [0.29, 0.717) is 17.6 Å². The fraction of sp³-hybridized carbons (Fsp3) is 0.615. The van der Waals surface area contributed by atoms with Gasteiger partial charge in [0.15, 0.2) is 0 Å². The van der Waals surface area contributed by atoms with Crippen LogP contribution in [0.15, 0.2) is 12.4 Å². The molecule has 0 bridgehead atoms. The maximum atomic E-state index is 12.3. The van der Waals surface area contributed by atoms with Gasteiger partial charge < -0.3 is 15.3 Å². The van der Waals surface area contributed by atoms with Crippen molar-refractivity contribution in [3.8, 4) is 0 Å². The van der Waals surface area contributed by atoms with E-state index < -0.39 is 5.97 Å². The molecule has 7 heteroatoms. The first kappa shape index (κ1) is 13.0. The molecule has 0 atom stereocenters. The average Bonchev–Trinajstić information content (AvgIpc) is 3.27. The van der Waals surface area contributed by atoms with Gasteiger partial charge in [0, 0.05) is 18.8 Å². The summed E-state index contributed by atoms with van der Waals surface area (Å²) >= 11 is 0. The largest absolute Gasteiger partial charge is 0.480 e. The predicted octanol–water partition coefficient (Wildman–Crippen LogP) is 1.37. The summed E-state index contributed by atoms with van der Waals surface area (Å²) in [5, 5.41) is 15.4. The molecule has 7 nitrogen and oxygen atoms in total. The lowest BCUT2D eigenvalue weighted by Gasteiger charge is -2.22. The third-order valence-corrected chi connectivity index (χ3v) is 3.58. The number of rotatable bonds is 6. The number of carboxylic acids is 1. The van der Waals surface area contributed by atoms with E-state index in [-0.39, 0.29) is 12.6 Å². The number of amides is 2. The number of carboxylic acid groups (broad SMARTS) is 1. The Labute approximate surface area is 116 Å². The number of aliphatic carboxylic acids is 1. The molecule has 2 aliphatic rings. The lowest BCUT2D eigenvalue weighted by atomic mass is 10.3. The van der Waals surface area contributed by atoms with Crippen LogP contribution in [0.1, 0.15) is 25.7 Å². The lowest BCUT2D eigenvalue weighted by molar-refractivity contribution is -0.137. The highest BCUT2D eigenvalue weighted by Crippen LogP contribution is 2.35. The number of aromatic nitrogens is 2. The van der Waals surface area contributed by atoms with Crippen LogP contribution in [0, 0.1) is 5.92 Å². The molecule has 0 saturated heterocycles. The zero-order valence-corrected chi connectivity index (χ0v) is 11.2. The quantitative estimate of drug-likeness (QED) is 0.822. The molecule has 3 rings (SSSR count). The first-order valence-corrected chi connectivity index (χ1v) is 6.93. The molecule has 2 aliphatic carbocycles. The molecule has 0 spiro atoms. The van der Waals surface area contributed by atoms with Crippen LogP contribution in [0.2, 0.25) is 0 Å². The maximum absolute atomic E-state index is 12.3. The Morgan fingerprint density at radius 3 is 2.75 bits per heavy atom. The number of carbonyl (C=O) groups excluding carboxylic acids is 1. The Kier molecular flexibility index (Phi) is 3.33. The molecule has 0 aromatic carbocycles. The van der Waals surface area contributed by atoms with E-state index in [1.807, 2.05) is 4.90 Å². The Balaban J connectivity index is 1.58. The second-order valence-corrected chi connectivity index (χ2v) is 5.58. The Bertz CT molecular complexity index is 519. The molecule has 1 aromatic rings. The van der Waals surface area contributed by atoms with Gasteiger partial charge in [-0.2, -0.15) is 5.10 Å². The summed E-state index contributed by atoms with van der Waals surface area (Å²) in [7, 11) is 0. The van der Waals surface area contributed by atoms with E-state index in [2.05, 4.69) is 10.4 Å². The van der Waals surface area contributed by atoms with E-state index in [4.69, 9.17) is 5.11 Å². The van der Waals surface area contributed by atoms with Crippen molar-refractivity contribution in [1.29, 1.82) is 0 Å². The van der Waals surface area contributed by atoms with Crippen LogP contribution in [0.3, 0.4) is 0 Å². The van der Waals surface area contributed by atoms with Gasteiger partial charge in [-0.25, -0.2) is 4.79 Å². The zero-order valence-electron chi connectivity index (χ0n) is 11.2. The summed E-state index contributed by atoms with van der Waals surface area (Å²) in [4.78, 5) is 24.7. The minimum atomic E-state index is -0.959. The summed E-state index contributed by atoms with van der Waals surface area (Å²) in [6.45, 7) is 0.629. The minimum absolute atomic E-state index is 0.103.